The highest BCUT2D eigenvalue weighted by atomic mass is 35.5. The van der Waals surface area contributed by atoms with Gasteiger partial charge in [0.2, 0.25) is 0 Å². The molecule has 1 N–H and O–H groups in total. The number of carbonyl (C=O) groups excluding carboxylic acids is 2. The van der Waals surface area contributed by atoms with Gasteiger partial charge in [-0.3, -0.25) is 14.9 Å². The smallest absolute Gasteiger partial charge is 0.343 e. The van der Waals surface area contributed by atoms with Crippen LogP contribution in [0.3, 0.4) is 0 Å². The van der Waals surface area contributed by atoms with Gasteiger partial charge in [0.25, 0.3) is 11.6 Å². The Hall–Kier alpha value is -4.24. The van der Waals surface area contributed by atoms with E-state index in [9.17, 15) is 19.7 Å². The van der Waals surface area contributed by atoms with Crippen LogP contribution in [0.4, 0.5) is 5.69 Å². The van der Waals surface area contributed by atoms with Crippen LogP contribution < -0.4 is 14.9 Å². The number of nitrogens with one attached hydrogen (secondary N) is 1. The average molecular weight is 454 g/mol. The van der Waals surface area contributed by atoms with Crippen molar-refractivity contribution in [1.82, 2.24) is 5.43 Å². The summed E-state index contributed by atoms with van der Waals surface area (Å²) in [5.74, 6) is -0.436. The predicted octanol–water partition coefficient (Wildman–Crippen LogP) is 4.00. The van der Waals surface area contributed by atoms with Gasteiger partial charge < -0.3 is 9.47 Å². The number of carbonyl (C=O) groups is 2. The number of hydrogen-bond acceptors (Lipinski definition) is 7. The van der Waals surface area contributed by atoms with Crippen LogP contribution in [-0.4, -0.2) is 29.6 Å². The lowest BCUT2D eigenvalue weighted by atomic mass is 10.2. The summed E-state index contributed by atoms with van der Waals surface area (Å²) in [6.45, 7) is -0.245. The fourth-order valence-electron chi connectivity index (χ4n) is 2.46. The number of hydrogen-bond donors (Lipinski definition) is 1. The molecule has 3 aromatic carbocycles. The number of halogens is 1. The number of nitro benzene ring substituents is 1. The molecule has 3 rings (SSSR count). The van der Waals surface area contributed by atoms with Crippen molar-refractivity contribution >= 4 is 35.4 Å². The van der Waals surface area contributed by atoms with E-state index in [1.165, 1.54) is 30.5 Å². The van der Waals surface area contributed by atoms with E-state index in [0.29, 0.717) is 16.3 Å². The Balaban J connectivity index is 1.52. The predicted molar refractivity (Wildman–Crippen MR) is 117 cm³/mol. The second-order valence-corrected chi connectivity index (χ2v) is 6.74. The third-order valence-electron chi connectivity index (χ3n) is 3.95. The van der Waals surface area contributed by atoms with Gasteiger partial charge in [0.05, 0.1) is 16.7 Å². The van der Waals surface area contributed by atoms with Gasteiger partial charge in [-0.25, -0.2) is 10.2 Å². The van der Waals surface area contributed by atoms with Crippen LogP contribution in [0, 0.1) is 10.1 Å². The molecule has 0 heterocycles. The van der Waals surface area contributed by atoms with Crippen LogP contribution in [0.2, 0.25) is 5.02 Å². The molecule has 0 saturated heterocycles. The van der Waals surface area contributed by atoms with Gasteiger partial charge in [-0.05, 0) is 48.0 Å². The molecule has 0 aromatic heterocycles. The van der Waals surface area contributed by atoms with Crippen LogP contribution in [0.25, 0.3) is 0 Å². The molecule has 0 aliphatic rings. The first-order valence-corrected chi connectivity index (χ1v) is 9.55. The number of non-ortho nitro benzene ring substituents is 1. The molecular formula is C22H16ClN3O6. The van der Waals surface area contributed by atoms with Gasteiger partial charge >= 0.3 is 5.97 Å². The molecule has 0 bridgehead atoms. The topological polar surface area (TPSA) is 120 Å². The standard InChI is InChI=1S/C22H16ClN3O6/c23-17-4-2-5-19(12-17)31-14-21(27)25-24-13-15-3-1-6-20(11-15)32-22(28)16-7-9-18(10-8-16)26(29)30/h1-13H,14H2,(H,25,27)/b24-13+. The van der Waals surface area contributed by atoms with Crippen molar-refractivity contribution in [2.45, 2.75) is 0 Å². The van der Waals surface area contributed by atoms with Crippen molar-refractivity contribution in [3.05, 3.63) is 99.1 Å². The van der Waals surface area contributed by atoms with Gasteiger partial charge in [-0.1, -0.05) is 29.8 Å². The van der Waals surface area contributed by atoms with Gasteiger partial charge in [-0.2, -0.15) is 5.10 Å². The van der Waals surface area contributed by atoms with Crippen molar-refractivity contribution in [2.75, 3.05) is 6.61 Å². The fourth-order valence-corrected chi connectivity index (χ4v) is 2.64. The van der Waals surface area contributed by atoms with Gasteiger partial charge in [0.15, 0.2) is 6.61 Å². The lowest BCUT2D eigenvalue weighted by molar-refractivity contribution is -0.384. The number of hydrazone groups is 1. The largest absolute Gasteiger partial charge is 0.484 e. The van der Waals surface area contributed by atoms with Crippen molar-refractivity contribution < 1.29 is 24.0 Å². The van der Waals surface area contributed by atoms with Crippen LogP contribution >= 0.6 is 11.6 Å². The number of amides is 1. The first-order chi connectivity index (χ1) is 15.4. The maximum absolute atomic E-state index is 12.2. The van der Waals surface area contributed by atoms with Crippen molar-refractivity contribution in [3.63, 3.8) is 0 Å². The zero-order chi connectivity index (χ0) is 22.9. The Kier molecular flexibility index (Phi) is 7.50. The van der Waals surface area contributed by atoms with E-state index < -0.39 is 16.8 Å². The van der Waals surface area contributed by atoms with E-state index in [2.05, 4.69) is 10.5 Å². The lowest BCUT2D eigenvalue weighted by Gasteiger charge is -2.06. The minimum absolute atomic E-state index is 0.125. The molecule has 162 valence electrons. The molecule has 1 amide bonds. The molecule has 0 aliphatic heterocycles. The van der Waals surface area contributed by atoms with Crippen molar-refractivity contribution in [2.24, 2.45) is 5.10 Å². The zero-order valence-electron chi connectivity index (χ0n) is 16.4. The van der Waals surface area contributed by atoms with E-state index in [4.69, 9.17) is 21.1 Å². The molecule has 0 radical (unpaired) electrons. The summed E-state index contributed by atoms with van der Waals surface area (Å²) in [5.41, 5.74) is 2.93. The first kappa shape index (κ1) is 22.4. The number of ether oxygens (including phenoxy) is 2. The Morgan fingerprint density at radius 3 is 2.47 bits per heavy atom. The van der Waals surface area contributed by atoms with E-state index >= 15 is 0 Å². The molecule has 0 aliphatic carbocycles. The van der Waals surface area contributed by atoms with Crippen LogP contribution in [0.5, 0.6) is 11.5 Å². The Morgan fingerprint density at radius 1 is 1.03 bits per heavy atom. The maximum atomic E-state index is 12.2. The SMILES string of the molecule is O=C(COc1cccc(Cl)c1)N/N=C/c1cccc(OC(=O)c2ccc([N+](=O)[O-])cc2)c1. The normalized spacial score (nSPS) is 10.5. The van der Waals surface area contributed by atoms with Crippen LogP contribution in [0.15, 0.2) is 77.9 Å². The van der Waals surface area contributed by atoms with Gasteiger partial charge in [0, 0.05) is 17.2 Å². The summed E-state index contributed by atoms with van der Waals surface area (Å²) in [7, 11) is 0. The highest BCUT2D eigenvalue weighted by Gasteiger charge is 2.11. The van der Waals surface area contributed by atoms with Crippen molar-refractivity contribution in [1.29, 1.82) is 0 Å². The fraction of sp³-hybridized carbons (Fsp3) is 0.0455. The molecule has 0 fully saturated rings. The number of rotatable bonds is 8. The summed E-state index contributed by atoms with van der Waals surface area (Å²) in [6, 6.07) is 18.2. The van der Waals surface area contributed by atoms with E-state index in [1.54, 1.807) is 48.5 Å². The maximum Gasteiger partial charge on any atom is 0.343 e. The molecule has 0 atom stereocenters. The number of nitrogens with zero attached hydrogens (tertiary/aromatic N) is 2. The minimum Gasteiger partial charge on any atom is -0.484 e. The molecule has 0 unspecified atom stereocenters. The molecule has 0 spiro atoms. The zero-order valence-corrected chi connectivity index (χ0v) is 17.2. The summed E-state index contributed by atoms with van der Waals surface area (Å²) < 4.78 is 10.6. The quantitative estimate of drug-likeness (QED) is 0.181. The minimum atomic E-state index is -0.666. The van der Waals surface area contributed by atoms with Crippen molar-refractivity contribution in [3.8, 4) is 11.5 Å². The third kappa shape index (κ3) is 6.64. The third-order valence-corrected chi connectivity index (χ3v) is 4.19. The van der Waals surface area contributed by atoms with Gasteiger partial charge in [-0.15, -0.1) is 0 Å². The van der Waals surface area contributed by atoms with E-state index in [-0.39, 0.29) is 23.6 Å². The molecular weight excluding hydrogens is 438 g/mol. The molecule has 32 heavy (non-hydrogen) atoms. The second-order valence-electron chi connectivity index (χ2n) is 6.31. The first-order valence-electron chi connectivity index (χ1n) is 9.18. The number of nitro groups is 1. The van der Waals surface area contributed by atoms with Crippen LogP contribution in [0.1, 0.15) is 15.9 Å². The average Bonchev–Trinajstić information content (AvgIpc) is 2.78. The molecule has 9 nitrogen and oxygen atoms in total. The monoisotopic (exact) mass is 453 g/mol. The van der Waals surface area contributed by atoms with Gasteiger partial charge in [0.1, 0.15) is 11.5 Å². The Labute approximate surface area is 187 Å². The second kappa shape index (κ2) is 10.7. The van der Waals surface area contributed by atoms with Crippen LogP contribution in [-0.2, 0) is 4.79 Å². The Bertz CT molecular complexity index is 1160. The highest BCUT2D eigenvalue weighted by Crippen LogP contribution is 2.18. The summed E-state index contributed by atoms with van der Waals surface area (Å²) in [6.07, 6.45) is 1.38. The number of esters is 1. The lowest BCUT2D eigenvalue weighted by Crippen LogP contribution is -2.24. The molecule has 3 aromatic rings. The molecule has 10 heteroatoms. The summed E-state index contributed by atoms with van der Waals surface area (Å²) >= 11 is 5.85. The van der Waals surface area contributed by atoms with E-state index in [0.717, 1.165) is 0 Å². The van der Waals surface area contributed by atoms with E-state index in [1.807, 2.05) is 0 Å². The Morgan fingerprint density at radius 2 is 1.75 bits per heavy atom. The summed E-state index contributed by atoms with van der Waals surface area (Å²) in [5, 5.41) is 15.0. The molecule has 0 saturated carbocycles. The summed E-state index contributed by atoms with van der Waals surface area (Å²) in [4.78, 5) is 34.2. The highest BCUT2D eigenvalue weighted by molar-refractivity contribution is 6.30. The number of benzene rings is 3.